The molecule has 2 rings (SSSR count). The van der Waals surface area contributed by atoms with Crippen molar-refractivity contribution in [2.75, 3.05) is 5.32 Å². The van der Waals surface area contributed by atoms with Gasteiger partial charge in [0.05, 0.1) is 0 Å². The summed E-state index contributed by atoms with van der Waals surface area (Å²) in [5.41, 5.74) is 2.23. The minimum atomic E-state index is -0.734. The maximum Gasteiger partial charge on any atom is 0.303 e. The van der Waals surface area contributed by atoms with Crippen LogP contribution in [0.5, 0.6) is 0 Å². The van der Waals surface area contributed by atoms with Crippen LogP contribution in [0.3, 0.4) is 0 Å². The van der Waals surface area contributed by atoms with E-state index in [0.29, 0.717) is 12.5 Å². The average Bonchev–Trinajstić information content (AvgIpc) is 2.65. The lowest BCUT2D eigenvalue weighted by molar-refractivity contribution is -0.136. The smallest absolute Gasteiger partial charge is 0.303 e. The number of carboxylic acids is 1. The SMILES string of the molecule is O=C(O)CCc1cccc(NC2CCCCCC2)c1. The maximum absolute atomic E-state index is 10.6. The number of rotatable bonds is 5. The van der Waals surface area contributed by atoms with E-state index in [4.69, 9.17) is 5.11 Å². The third-order valence-corrected chi connectivity index (χ3v) is 3.78. The Morgan fingerprint density at radius 3 is 2.63 bits per heavy atom. The second kappa shape index (κ2) is 7.17. The highest BCUT2D eigenvalue weighted by Crippen LogP contribution is 2.21. The summed E-state index contributed by atoms with van der Waals surface area (Å²) in [6, 6.07) is 8.76. The molecule has 0 aromatic heterocycles. The van der Waals surface area contributed by atoms with Crippen LogP contribution in [0.1, 0.15) is 50.5 Å². The molecule has 0 bridgehead atoms. The van der Waals surface area contributed by atoms with Crippen LogP contribution >= 0.6 is 0 Å². The predicted octanol–water partition coefficient (Wildman–Crippen LogP) is 3.84. The molecule has 1 aliphatic carbocycles. The topological polar surface area (TPSA) is 49.3 Å². The van der Waals surface area contributed by atoms with E-state index in [-0.39, 0.29) is 6.42 Å². The standard InChI is InChI=1S/C16H23NO2/c18-16(19)11-10-13-6-5-9-15(12-13)17-14-7-3-1-2-4-8-14/h5-6,9,12,14,17H,1-4,7-8,10-11H2,(H,18,19). The van der Waals surface area contributed by atoms with Gasteiger partial charge in [0.1, 0.15) is 0 Å². The number of carboxylic acid groups (broad SMARTS) is 1. The van der Waals surface area contributed by atoms with Crippen LogP contribution < -0.4 is 5.32 Å². The number of benzene rings is 1. The van der Waals surface area contributed by atoms with Crippen molar-refractivity contribution in [2.24, 2.45) is 0 Å². The molecule has 0 aliphatic heterocycles. The average molecular weight is 261 g/mol. The van der Waals surface area contributed by atoms with E-state index in [1.54, 1.807) is 0 Å². The maximum atomic E-state index is 10.6. The highest BCUT2D eigenvalue weighted by molar-refractivity contribution is 5.67. The molecule has 0 radical (unpaired) electrons. The molecule has 1 aromatic carbocycles. The number of anilines is 1. The summed E-state index contributed by atoms with van der Waals surface area (Å²) in [5, 5.41) is 12.3. The monoisotopic (exact) mass is 261 g/mol. The normalized spacial score (nSPS) is 16.8. The van der Waals surface area contributed by atoms with Crippen LogP contribution in [0.25, 0.3) is 0 Å². The molecule has 0 spiro atoms. The van der Waals surface area contributed by atoms with Gasteiger partial charge in [-0.2, -0.15) is 0 Å². The van der Waals surface area contributed by atoms with Crippen LogP contribution in [-0.4, -0.2) is 17.1 Å². The molecule has 3 nitrogen and oxygen atoms in total. The Kier molecular flexibility index (Phi) is 5.25. The second-order valence-electron chi connectivity index (χ2n) is 5.43. The van der Waals surface area contributed by atoms with Crippen molar-refractivity contribution in [3.8, 4) is 0 Å². The Bertz CT molecular complexity index is 409. The van der Waals surface area contributed by atoms with E-state index < -0.39 is 5.97 Å². The number of aliphatic carboxylic acids is 1. The lowest BCUT2D eigenvalue weighted by Gasteiger charge is -2.18. The van der Waals surface area contributed by atoms with Crippen molar-refractivity contribution in [3.05, 3.63) is 29.8 Å². The second-order valence-corrected chi connectivity index (χ2v) is 5.43. The van der Waals surface area contributed by atoms with E-state index in [0.717, 1.165) is 11.3 Å². The summed E-state index contributed by atoms with van der Waals surface area (Å²) >= 11 is 0. The number of hydrogen-bond acceptors (Lipinski definition) is 2. The molecule has 1 aromatic rings. The van der Waals surface area contributed by atoms with Gasteiger partial charge in [0.2, 0.25) is 0 Å². The molecule has 0 atom stereocenters. The van der Waals surface area contributed by atoms with Crippen LogP contribution in [0.2, 0.25) is 0 Å². The zero-order chi connectivity index (χ0) is 13.5. The fourth-order valence-corrected chi connectivity index (χ4v) is 2.73. The summed E-state index contributed by atoms with van der Waals surface area (Å²) in [7, 11) is 0. The molecule has 1 saturated carbocycles. The Balaban J connectivity index is 1.91. The van der Waals surface area contributed by atoms with E-state index >= 15 is 0 Å². The van der Waals surface area contributed by atoms with E-state index in [2.05, 4.69) is 17.4 Å². The molecule has 2 N–H and O–H groups in total. The fraction of sp³-hybridized carbons (Fsp3) is 0.562. The first-order valence-corrected chi connectivity index (χ1v) is 7.31. The lowest BCUT2D eigenvalue weighted by atomic mass is 10.1. The molecular formula is C16H23NO2. The molecule has 1 aliphatic rings. The first-order chi connectivity index (χ1) is 9.24. The number of hydrogen-bond donors (Lipinski definition) is 2. The van der Waals surface area contributed by atoms with Gasteiger partial charge in [-0.25, -0.2) is 0 Å². The molecular weight excluding hydrogens is 238 g/mol. The third-order valence-electron chi connectivity index (χ3n) is 3.78. The molecule has 0 heterocycles. The van der Waals surface area contributed by atoms with E-state index in [9.17, 15) is 4.79 Å². The third kappa shape index (κ3) is 4.93. The zero-order valence-corrected chi connectivity index (χ0v) is 11.4. The number of carbonyl (C=O) groups is 1. The largest absolute Gasteiger partial charge is 0.481 e. The minimum Gasteiger partial charge on any atom is -0.481 e. The van der Waals surface area contributed by atoms with Crippen LogP contribution in [0.15, 0.2) is 24.3 Å². The minimum absolute atomic E-state index is 0.201. The summed E-state index contributed by atoms with van der Waals surface area (Å²) in [6.45, 7) is 0. The van der Waals surface area contributed by atoms with E-state index in [1.165, 1.54) is 38.5 Å². The van der Waals surface area contributed by atoms with E-state index in [1.807, 2.05) is 12.1 Å². The van der Waals surface area contributed by atoms with Gasteiger partial charge in [-0.3, -0.25) is 4.79 Å². The van der Waals surface area contributed by atoms with Crippen LogP contribution in [0, 0.1) is 0 Å². The Morgan fingerprint density at radius 2 is 1.95 bits per heavy atom. The lowest BCUT2D eigenvalue weighted by Crippen LogP contribution is -2.18. The van der Waals surface area contributed by atoms with Crippen molar-refractivity contribution in [2.45, 2.75) is 57.4 Å². The zero-order valence-electron chi connectivity index (χ0n) is 11.4. The highest BCUT2D eigenvalue weighted by Gasteiger charge is 2.11. The Morgan fingerprint density at radius 1 is 1.21 bits per heavy atom. The molecule has 0 saturated heterocycles. The fourth-order valence-electron chi connectivity index (χ4n) is 2.73. The number of aryl methyl sites for hydroxylation is 1. The predicted molar refractivity (Wildman–Crippen MR) is 77.5 cm³/mol. The van der Waals surface area contributed by atoms with Gasteiger partial charge in [0.25, 0.3) is 0 Å². The molecule has 19 heavy (non-hydrogen) atoms. The van der Waals surface area contributed by atoms with Gasteiger partial charge in [0.15, 0.2) is 0 Å². The van der Waals surface area contributed by atoms with Gasteiger partial charge in [0, 0.05) is 18.2 Å². The summed E-state index contributed by atoms with van der Waals surface area (Å²) in [5.74, 6) is -0.734. The molecule has 3 heteroatoms. The van der Waals surface area contributed by atoms with Gasteiger partial charge >= 0.3 is 5.97 Å². The van der Waals surface area contributed by atoms with Crippen molar-refractivity contribution < 1.29 is 9.90 Å². The van der Waals surface area contributed by atoms with Gasteiger partial charge in [-0.1, -0.05) is 37.8 Å². The van der Waals surface area contributed by atoms with Gasteiger partial charge < -0.3 is 10.4 Å². The van der Waals surface area contributed by atoms with Gasteiger partial charge in [-0.05, 0) is 37.0 Å². The first kappa shape index (κ1) is 13.9. The number of nitrogens with one attached hydrogen (secondary N) is 1. The van der Waals surface area contributed by atoms with Crippen molar-refractivity contribution >= 4 is 11.7 Å². The summed E-state index contributed by atoms with van der Waals surface area (Å²) in [6.07, 6.45) is 8.65. The molecule has 1 fully saturated rings. The van der Waals surface area contributed by atoms with Crippen molar-refractivity contribution in [1.29, 1.82) is 0 Å². The molecule has 0 unspecified atom stereocenters. The van der Waals surface area contributed by atoms with Gasteiger partial charge in [-0.15, -0.1) is 0 Å². The highest BCUT2D eigenvalue weighted by atomic mass is 16.4. The van der Waals surface area contributed by atoms with Crippen molar-refractivity contribution in [1.82, 2.24) is 0 Å². The summed E-state index contributed by atoms with van der Waals surface area (Å²) in [4.78, 5) is 10.6. The summed E-state index contributed by atoms with van der Waals surface area (Å²) < 4.78 is 0. The van der Waals surface area contributed by atoms with Crippen LogP contribution in [0.4, 0.5) is 5.69 Å². The van der Waals surface area contributed by atoms with Crippen molar-refractivity contribution in [3.63, 3.8) is 0 Å². The van der Waals surface area contributed by atoms with Crippen LogP contribution in [-0.2, 0) is 11.2 Å². The Labute approximate surface area is 115 Å². The first-order valence-electron chi connectivity index (χ1n) is 7.31. The Hall–Kier alpha value is -1.51. The molecule has 0 amide bonds. The quantitative estimate of drug-likeness (QED) is 0.792. The molecule has 104 valence electrons.